The second kappa shape index (κ2) is 7.92. The van der Waals surface area contributed by atoms with Gasteiger partial charge in [0.25, 0.3) is 0 Å². The van der Waals surface area contributed by atoms with Gasteiger partial charge in [-0.15, -0.1) is 11.8 Å². The van der Waals surface area contributed by atoms with E-state index in [0.717, 1.165) is 10.8 Å². The summed E-state index contributed by atoms with van der Waals surface area (Å²) in [5, 5.41) is 5.32. The number of hydrogen-bond donors (Lipinski definition) is 0. The van der Waals surface area contributed by atoms with Crippen molar-refractivity contribution in [1.82, 2.24) is 0 Å². The first-order chi connectivity index (χ1) is 10.8. The third kappa shape index (κ3) is 4.20. The Morgan fingerprint density at radius 3 is 2.73 bits per heavy atom. The molecule has 0 bridgehead atoms. The molecule has 3 nitrogen and oxygen atoms in total. The fourth-order valence-corrected chi connectivity index (χ4v) is 3.96. The second-order valence-electron chi connectivity index (χ2n) is 5.18. The number of thioether (sulfide) groups is 1. The van der Waals surface area contributed by atoms with Crippen molar-refractivity contribution in [3.05, 3.63) is 57.8 Å². The third-order valence-corrected chi connectivity index (χ3v) is 5.28. The van der Waals surface area contributed by atoms with Gasteiger partial charge in [-0.05, 0) is 28.0 Å². The SMILES string of the molecule is COCc1ccc(C2=NC(COCc3ccsc3)CS2)cc1. The summed E-state index contributed by atoms with van der Waals surface area (Å²) in [6, 6.07) is 10.8. The Morgan fingerprint density at radius 2 is 2.00 bits per heavy atom. The molecule has 2 aromatic rings. The summed E-state index contributed by atoms with van der Waals surface area (Å²) in [5.41, 5.74) is 3.62. The summed E-state index contributed by atoms with van der Waals surface area (Å²) in [6.07, 6.45) is 0. The van der Waals surface area contributed by atoms with Crippen molar-refractivity contribution in [3.63, 3.8) is 0 Å². The van der Waals surface area contributed by atoms with Crippen molar-refractivity contribution in [1.29, 1.82) is 0 Å². The molecule has 5 heteroatoms. The molecule has 3 rings (SSSR count). The van der Waals surface area contributed by atoms with E-state index in [2.05, 4.69) is 41.1 Å². The number of hydrogen-bond acceptors (Lipinski definition) is 5. The number of benzene rings is 1. The van der Waals surface area contributed by atoms with E-state index in [1.165, 1.54) is 16.7 Å². The highest BCUT2D eigenvalue weighted by atomic mass is 32.2. The van der Waals surface area contributed by atoms with E-state index in [1.54, 1.807) is 18.4 Å². The lowest BCUT2D eigenvalue weighted by atomic mass is 10.1. The van der Waals surface area contributed by atoms with Gasteiger partial charge in [-0.3, -0.25) is 4.99 Å². The predicted molar refractivity (Wildman–Crippen MR) is 93.9 cm³/mol. The van der Waals surface area contributed by atoms with Crippen LogP contribution in [0, 0.1) is 0 Å². The molecule has 0 amide bonds. The van der Waals surface area contributed by atoms with Crippen LogP contribution in [0.2, 0.25) is 0 Å². The van der Waals surface area contributed by atoms with Crippen LogP contribution in [0.4, 0.5) is 0 Å². The summed E-state index contributed by atoms with van der Waals surface area (Å²) in [7, 11) is 1.71. The lowest BCUT2D eigenvalue weighted by Gasteiger charge is -2.06. The Morgan fingerprint density at radius 1 is 1.14 bits per heavy atom. The first-order valence-electron chi connectivity index (χ1n) is 7.23. The van der Waals surface area contributed by atoms with E-state index in [1.807, 2.05) is 11.8 Å². The van der Waals surface area contributed by atoms with Gasteiger partial charge in [0, 0.05) is 18.4 Å². The maximum absolute atomic E-state index is 5.77. The highest BCUT2D eigenvalue weighted by Gasteiger charge is 2.19. The second-order valence-corrected chi connectivity index (χ2v) is 6.96. The molecule has 0 N–H and O–H groups in total. The van der Waals surface area contributed by atoms with E-state index >= 15 is 0 Å². The largest absolute Gasteiger partial charge is 0.380 e. The van der Waals surface area contributed by atoms with Gasteiger partial charge in [0.2, 0.25) is 0 Å². The van der Waals surface area contributed by atoms with E-state index in [9.17, 15) is 0 Å². The van der Waals surface area contributed by atoms with Crippen LogP contribution in [0.3, 0.4) is 0 Å². The standard InChI is InChI=1S/C17H19NO2S2/c1-19-8-13-2-4-15(5-3-13)17-18-16(12-22-17)10-20-9-14-6-7-21-11-14/h2-7,11,16H,8-10,12H2,1H3. The summed E-state index contributed by atoms with van der Waals surface area (Å²) in [5.74, 6) is 0.999. The monoisotopic (exact) mass is 333 g/mol. The van der Waals surface area contributed by atoms with Crippen LogP contribution in [0.5, 0.6) is 0 Å². The minimum Gasteiger partial charge on any atom is -0.380 e. The van der Waals surface area contributed by atoms with Crippen molar-refractivity contribution in [3.8, 4) is 0 Å². The minimum absolute atomic E-state index is 0.261. The molecule has 1 atom stereocenters. The Labute approximate surface area is 139 Å². The molecule has 1 unspecified atom stereocenters. The molecule has 0 spiro atoms. The van der Waals surface area contributed by atoms with Crippen LogP contribution < -0.4 is 0 Å². The van der Waals surface area contributed by atoms with Crippen LogP contribution >= 0.6 is 23.1 Å². The Balaban J connectivity index is 1.52. The number of methoxy groups -OCH3 is 1. The summed E-state index contributed by atoms with van der Waals surface area (Å²) in [4.78, 5) is 4.78. The van der Waals surface area contributed by atoms with Gasteiger partial charge in [0.1, 0.15) is 0 Å². The Hall–Kier alpha value is -1.14. The summed E-state index contributed by atoms with van der Waals surface area (Å²) >= 11 is 3.52. The van der Waals surface area contributed by atoms with Gasteiger partial charge < -0.3 is 9.47 Å². The third-order valence-electron chi connectivity index (χ3n) is 3.38. The highest BCUT2D eigenvalue weighted by molar-refractivity contribution is 8.14. The number of thiophene rings is 1. The molecule has 2 heterocycles. The molecule has 1 aliphatic rings. The zero-order chi connectivity index (χ0) is 15.2. The van der Waals surface area contributed by atoms with Gasteiger partial charge in [-0.2, -0.15) is 11.3 Å². The van der Waals surface area contributed by atoms with Crippen molar-refractivity contribution in [2.24, 2.45) is 4.99 Å². The van der Waals surface area contributed by atoms with E-state index in [0.29, 0.717) is 19.8 Å². The molecule has 22 heavy (non-hydrogen) atoms. The maximum atomic E-state index is 5.77. The lowest BCUT2D eigenvalue weighted by molar-refractivity contribution is 0.113. The predicted octanol–water partition coefficient (Wildman–Crippen LogP) is 3.97. The van der Waals surface area contributed by atoms with Gasteiger partial charge in [0.05, 0.1) is 30.9 Å². The van der Waals surface area contributed by atoms with Crippen molar-refractivity contribution in [2.45, 2.75) is 19.3 Å². The van der Waals surface area contributed by atoms with Gasteiger partial charge in [-0.1, -0.05) is 24.3 Å². The van der Waals surface area contributed by atoms with E-state index in [-0.39, 0.29) is 6.04 Å². The first-order valence-corrected chi connectivity index (χ1v) is 9.15. The molecular weight excluding hydrogens is 314 g/mol. The number of ether oxygens (including phenoxy) is 2. The topological polar surface area (TPSA) is 30.8 Å². The van der Waals surface area contributed by atoms with Gasteiger partial charge in [0.15, 0.2) is 0 Å². The van der Waals surface area contributed by atoms with Crippen molar-refractivity contribution in [2.75, 3.05) is 19.5 Å². The van der Waals surface area contributed by atoms with Crippen molar-refractivity contribution < 1.29 is 9.47 Å². The number of nitrogens with zero attached hydrogens (tertiary/aromatic N) is 1. The summed E-state index contributed by atoms with van der Waals surface area (Å²) < 4.78 is 10.9. The molecule has 116 valence electrons. The quantitative estimate of drug-likeness (QED) is 0.768. The Kier molecular flexibility index (Phi) is 5.67. The van der Waals surface area contributed by atoms with Crippen LogP contribution in [0.25, 0.3) is 0 Å². The first kappa shape index (κ1) is 15.7. The van der Waals surface area contributed by atoms with Crippen LogP contribution in [0.1, 0.15) is 16.7 Å². The normalized spacial score (nSPS) is 17.7. The fraction of sp³-hybridized carbons (Fsp3) is 0.353. The Bertz CT molecular complexity index is 608. The van der Waals surface area contributed by atoms with Gasteiger partial charge >= 0.3 is 0 Å². The van der Waals surface area contributed by atoms with E-state index < -0.39 is 0 Å². The van der Waals surface area contributed by atoms with Crippen molar-refractivity contribution >= 4 is 28.1 Å². The van der Waals surface area contributed by atoms with Gasteiger partial charge in [-0.25, -0.2) is 0 Å². The molecule has 0 radical (unpaired) electrons. The van der Waals surface area contributed by atoms with Crippen LogP contribution in [0.15, 0.2) is 46.1 Å². The zero-order valence-corrected chi connectivity index (χ0v) is 14.2. The van der Waals surface area contributed by atoms with Crippen LogP contribution in [-0.4, -0.2) is 30.6 Å². The molecule has 0 saturated heterocycles. The number of aliphatic imine (C=N–C) groups is 1. The lowest BCUT2D eigenvalue weighted by Crippen LogP contribution is -2.13. The molecule has 1 aliphatic heterocycles. The maximum Gasteiger partial charge on any atom is 0.0982 e. The average Bonchev–Trinajstić information content (AvgIpc) is 3.20. The fourth-order valence-electron chi connectivity index (χ4n) is 2.26. The zero-order valence-electron chi connectivity index (χ0n) is 12.5. The molecule has 0 fully saturated rings. The minimum atomic E-state index is 0.261. The molecule has 1 aromatic heterocycles. The highest BCUT2D eigenvalue weighted by Crippen LogP contribution is 2.24. The average molecular weight is 333 g/mol. The molecular formula is C17H19NO2S2. The molecule has 1 aromatic carbocycles. The molecule has 0 saturated carbocycles. The number of rotatable bonds is 7. The smallest absolute Gasteiger partial charge is 0.0982 e. The molecule has 0 aliphatic carbocycles. The van der Waals surface area contributed by atoms with Crippen LogP contribution in [-0.2, 0) is 22.7 Å². The van der Waals surface area contributed by atoms with E-state index in [4.69, 9.17) is 14.5 Å². The summed E-state index contributed by atoms with van der Waals surface area (Å²) in [6.45, 7) is 2.02.